The average Bonchev–Trinajstić information content (AvgIpc) is 2.81. The van der Waals surface area contributed by atoms with E-state index in [9.17, 15) is 0 Å². The molecule has 1 aromatic carbocycles. The molecule has 0 aliphatic carbocycles. The molecule has 3 heterocycles. The van der Waals surface area contributed by atoms with Crippen molar-refractivity contribution in [1.29, 1.82) is 0 Å². The lowest BCUT2D eigenvalue weighted by molar-refractivity contribution is 0.556. The van der Waals surface area contributed by atoms with Gasteiger partial charge in [0.2, 0.25) is 17.8 Å². The monoisotopic (exact) mass is 423 g/mol. The van der Waals surface area contributed by atoms with Crippen molar-refractivity contribution >= 4 is 29.2 Å². The molecule has 0 saturated carbocycles. The molecule has 4 rings (SSSR count). The van der Waals surface area contributed by atoms with Gasteiger partial charge in [-0.05, 0) is 83.6 Å². The number of rotatable bonds is 7. The Hall–Kier alpha value is -2.57. The van der Waals surface area contributed by atoms with Gasteiger partial charge in [0.15, 0.2) is 0 Å². The first-order valence-corrected chi connectivity index (χ1v) is 12.0. The highest BCUT2D eigenvalue weighted by molar-refractivity contribution is 5.61. The average molecular weight is 424 g/mol. The van der Waals surface area contributed by atoms with Crippen LogP contribution in [0.4, 0.5) is 29.2 Å². The summed E-state index contributed by atoms with van der Waals surface area (Å²) in [6.07, 6.45) is 7.42. The third kappa shape index (κ3) is 5.38. The van der Waals surface area contributed by atoms with Crippen LogP contribution >= 0.6 is 0 Å². The Kier molecular flexibility index (Phi) is 7.10. The smallest absolute Gasteiger partial charge is 0.233 e. The van der Waals surface area contributed by atoms with E-state index < -0.39 is 0 Å². The van der Waals surface area contributed by atoms with Crippen LogP contribution in [0, 0.1) is 0 Å². The van der Waals surface area contributed by atoms with Crippen LogP contribution in [0.3, 0.4) is 0 Å². The predicted octanol–water partition coefficient (Wildman–Crippen LogP) is 4.83. The summed E-state index contributed by atoms with van der Waals surface area (Å²) in [5, 5.41) is 3.44. The Morgan fingerprint density at radius 3 is 1.77 bits per heavy atom. The second-order valence-corrected chi connectivity index (χ2v) is 8.91. The minimum Gasteiger partial charge on any atom is -0.369 e. The van der Waals surface area contributed by atoms with E-state index in [4.69, 9.17) is 15.0 Å². The number of aromatic nitrogens is 3. The molecule has 0 spiro atoms. The first-order valence-electron chi connectivity index (χ1n) is 12.0. The summed E-state index contributed by atoms with van der Waals surface area (Å²) < 4.78 is 0. The molecule has 31 heavy (non-hydrogen) atoms. The maximum Gasteiger partial charge on any atom is 0.233 e. The number of piperidine rings is 2. The third-order valence-corrected chi connectivity index (χ3v) is 6.31. The van der Waals surface area contributed by atoms with Crippen LogP contribution in [0.15, 0.2) is 24.3 Å². The number of benzene rings is 1. The van der Waals surface area contributed by atoms with Crippen LogP contribution in [0.1, 0.15) is 59.3 Å². The number of nitrogens with one attached hydrogen (secondary N) is 1. The van der Waals surface area contributed by atoms with Crippen molar-refractivity contribution in [3.05, 3.63) is 24.3 Å². The largest absolute Gasteiger partial charge is 0.369 e. The molecule has 0 unspecified atom stereocenters. The van der Waals surface area contributed by atoms with E-state index >= 15 is 0 Å². The van der Waals surface area contributed by atoms with Crippen molar-refractivity contribution in [3.63, 3.8) is 0 Å². The van der Waals surface area contributed by atoms with Gasteiger partial charge in [0.1, 0.15) is 0 Å². The fraction of sp³-hybridized carbons (Fsp3) is 0.625. The Labute approximate surface area is 186 Å². The second-order valence-electron chi connectivity index (χ2n) is 8.91. The summed E-state index contributed by atoms with van der Waals surface area (Å²) >= 11 is 0. The van der Waals surface area contributed by atoms with E-state index in [-0.39, 0.29) is 0 Å². The highest BCUT2D eigenvalue weighted by atomic mass is 15.4. The quantitative estimate of drug-likeness (QED) is 0.684. The molecule has 1 N–H and O–H groups in total. The Morgan fingerprint density at radius 1 is 0.806 bits per heavy atom. The van der Waals surface area contributed by atoms with Gasteiger partial charge >= 0.3 is 0 Å². The van der Waals surface area contributed by atoms with Crippen molar-refractivity contribution in [1.82, 2.24) is 15.0 Å². The van der Waals surface area contributed by atoms with E-state index in [1.54, 1.807) is 0 Å². The molecule has 2 aromatic rings. The molecule has 168 valence electrons. The van der Waals surface area contributed by atoms with Crippen molar-refractivity contribution in [2.45, 2.75) is 65.3 Å². The van der Waals surface area contributed by atoms with Crippen LogP contribution in [0.25, 0.3) is 0 Å². The molecule has 1 aromatic heterocycles. The van der Waals surface area contributed by atoms with E-state index in [0.29, 0.717) is 12.0 Å². The molecule has 2 aliphatic rings. The summed E-state index contributed by atoms with van der Waals surface area (Å²) in [4.78, 5) is 21.5. The lowest BCUT2D eigenvalue weighted by Crippen LogP contribution is -2.34. The van der Waals surface area contributed by atoms with Gasteiger partial charge in [0, 0.05) is 50.1 Å². The van der Waals surface area contributed by atoms with Gasteiger partial charge in [-0.3, -0.25) is 0 Å². The van der Waals surface area contributed by atoms with E-state index in [1.165, 1.54) is 44.2 Å². The molecule has 2 aliphatic heterocycles. The molecular weight excluding hydrogens is 386 g/mol. The molecule has 0 atom stereocenters. The highest BCUT2D eigenvalue weighted by Gasteiger charge is 2.20. The zero-order chi connectivity index (χ0) is 21.6. The maximum atomic E-state index is 4.87. The number of nitrogens with zero attached hydrogens (tertiary/aromatic N) is 6. The first kappa shape index (κ1) is 21.7. The minimum atomic E-state index is 0.478. The maximum absolute atomic E-state index is 4.87. The van der Waals surface area contributed by atoms with Crippen molar-refractivity contribution in [2.24, 2.45) is 0 Å². The molecule has 0 amide bonds. The Morgan fingerprint density at radius 2 is 1.32 bits per heavy atom. The number of hydrogen-bond acceptors (Lipinski definition) is 7. The predicted molar refractivity (Wildman–Crippen MR) is 130 cm³/mol. The third-order valence-electron chi connectivity index (χ3n) is 6.31. The van der Waals surface area contributed by atoms with Gasteiger partial charge in [0.05, 0.1) is 0 Å². The minimum absolute atomic E-state index is 0.478. The first-order chi connectivity index (χ1) is 15.1. The highest BCUT2D eigenvalue weighted by Crippen LogP contribution is 2.25. The van der Waals surface area contributed by atoms with E-state index in [2.05, 4.69) is 65.1 Å². The van der Waals surface area contributed by atoms with Gasteiger partial charge < -0.3 is 20.0 Å². The van der Waals surface area contributed by atoms with Crippen LogP contribution in [0.2, 0.25) is 0 Å². The van der Waals surface area contributed by atoms with Crippen LogP contribution in [-0.2, 0) is 0 Å². The topological polar surface area (TPSA) is 60.4 Å². The van der Waals surface area contributed by atoms with Gasteiger partial charge in [0.25, 0.3) is 0 Å². The molecule has 2 fully saturated rings. The molecular formula is C24H37N7. The molecule has 0 radical (unpaired) electrons. The Bertz CT molecular complexity index is 788. The Balaban J connectivity index is 1.57. The standard InChI is InChI=1S/C24H37N7/c1-4-31(19(2)3)21-13-11-20(12-14-21)25-22-26-23(29-15-7-5-8-16-29)28-24(27-22)30-17-9-6-10-18-30/h11-14,19H,4-10,15-18H2,1-3H3,(H,25,26,27,28). The van der Waals surface area contributed by atoms with Crippen LogP contribution in [-0.4, -0.2) is 53.7 Å². The van der Waals surface area contributed by atoms with Gasteiger partial charge in [-0.1, -0.05) is 0 Å². The van der Waals surface area contributed by atoms with Gasteiger partial charge in [-0.15, -0.1) is 0 Å². The second kappa shape index (κ2) is 10.2. The lowest BCUT2D eigenvalue weighted by atomic mass is 10.1. The van der Waals surface area contributed by atoms with E-state index in [1.807, 2.05) is 0 Å². The fourth-order valence-electron chi connectivity index (χ4n) is 4.59. The van der Waals surface area contributed by atoms with Gasteiger partial charge in [-0.25, -0.2) is 0 Å². The molecule has 2 saturated heterocycles. The molecule has 7 nitrogen and oxygen atoms in total. The van der Waals surface area contributed by atoms with Crippen molar-refractivity contribution in [3.8, 4) is 0 Å². The zero-order valence-corrected chi connectivity index (χ0v) is 19.3. The summed E-state index contributed by atoms with van der Waals surface area (Å²) in [5.74, 6) is 2.26. The molecule has 7 heteroatoms. The van der Waals surface area contributed by atoms with Crippen molar-refractivity contribution < 1.29 is 0 Å². The van der Waals surface area contributed by atoms with Crippen LogP contribution in [0.5, 0.6) is 0 Å². The summed E-state index contributed by atoms with van der Waals surface area (Å²) in [6.45, 7) is 11.8. The summed E-state index contributed by atoms with van der Waals surface area (Å²) in [5.41, 5.74) is 2.24. The SMILES string of the molecule is CCN(c1ccc(Nc2nc(N3CCCCC3)nc(N3CCCCC3)n2)cc1)C(C)C. The van der Waals surface area contributed by atoms with E-state index in [0.717, 1.165) is 50.3 Å². The zero-order valence-electron chi connectivity index (χ0n) is 19.3. The summed E-state index contributed by atoms with van der Waals surface area (Å²) in [7, 11) is 0. The van der Waals surface area contributed by atoms with Crippen LogP contribution < -0.4 is 20.0 Å². The van der Waals surface area contributed by atoms with Crippen molar-refractivity contribution in [2.75, 3.05) is 52.7 Å². The fourth-order valence-corrected chi connectivity index (χ4v) is 4.59. The summed E-state index contributed by atoms with van der Waals surface area (Å²) in [6, 6.07) is 9.05. The van der Waals surface area contributed by atoms with Gasteiger partial charge in [-0.2, -0.15) is 15.0 Å². The number of anilines is 5. The lowest BCUT2D eigenvalue weighted by Gasteiger charge is -2.30. The normalized spacial score (nSPS) is 17.2. The molecule has 0 bridgehead atoms. The number of hydrogen-bond donors (Lipinski definition) is 1.